The van der Waals surface area contributed by atoms with Gasteiger partial charge in [0.05, 0.1) is 27.5 Å². The van der Waals surface area contributed by atoms with Gasteiger partial charge in [0.2, 0.25) is 5.43 Å². The van der Waals surface area contributed by atoms with E-state index in [-0.39, 0.29) is 11.4 Å². The highest BCUT2D eigenvalue weighted by atomic mass is 79.9. The molecule has 2 aliphatic rings. The van der Waals surface area contributed by atoms with Crippen LogP contribution >= 0.6 is 27.3 Å². The van der Waals surface area contributed by atoms with Crippen molar-refractivity contribution in [1.82, 2.24) is 4.57 Å². The molecule has 0 amide bonds. The maximum Gasteiger partial charge on any atom is 0.798 e. The SMILES string of the molecule is COc1c(N2CCc3sc(Br)cc3C2)ccc2c(=O)c(C(=O)OB(F)F)cn(C3CC3)c12. The Morgan fingerprint density at radius 3 is 2.78 bits per heavy atom. The van der Waals surface area contributed by atoms with Gasteiger partial charge < -0.3 is 18.9 Å². The van der Waals surface area contributed by atoms with E-state index in [4.69, 9.17) is 4.74 Å². The molecule has 0 N–H and O–H groups in total. The van der Waals surface area contributed by atoms with Crippen molar-refractivity contribution >= 4 is 57.3 Å². The van der Waals surface area contributed by atoms with E-state index in [0.717, 1.165) is 35.3 Å². The molecule has 0 spiro atoms. The molecule has 0 bridgehead atoms. The number of rotatable bonds is 5. The van der Waals surface area contributed by atoms with E-state index in [9.17, 15) is 18.2 Å². The van der Waals surface area contributed by atoms with Gasteiger partial charge in [0, 0.05) is 30.2 Å². The molecule has 0 atom stereocenters. The Hall–Kier alpha value is -2.40. The van der Waals surface area contributed by atoms with Gasteiger partial charge in [-0.1, -0.05) is 0 Å². The Balaban J connectivity index is 1.65. The van der Waals surface area contributed by atoms with E-state index in [1.54, 1.807) is 35.1 Å². The smallest absolute Gasteiger partial charge is 0.492 e. The largest absolute Gasteiger partial charge is 0.798 e. The van der Waals surface area contributed by atoms with Crippen molar-refractivity contribution in [2.45, 2.75) is 31.8 Å². The second kappa shape index (κ2) is 8.19. The van der Waals surface area contributed by atoms with Crippen LogP contribution in [0.3, 0.4) is 0 Å². The van der Waals surface area contributed by atoms with Crippen LogP contribution in [0.15, 0.2) is 33.0 Å². The van der Waals surface area contributed by atoms with Crippen LogP contribution in [-0.4, -0.2) is 31.7 Å². The first-order valence-electron chi connectivity index (χ1n) is 10.1. The molecule has 1 aliphatic carbocycles. The maximum atomic E-state index is 13.0. The Morgan fingerprint density at radius 2 is 2.09 bits per heavy atom. The Bertz CT molecular complexity index is 1290. The van der Waals surface area contributed by atoms with Crippen molar-refractivity contribution < 1.29 is 22.8 Å². The van der Waals surface area contributed by atoms with E-state index in [1.165, 1.54) is 16.6 Å². The molecule has 0 radical (unpaired) electrons. The van der Waals surface area contributed by atoms with Crippen LogP contribution in [0.2, 0.25) is 0 Å². The first-order valence-corrected chi connectivity index (χ1v) is 11.7. The summed E-state index contributed by atoms with van der Waals surface area (Å²) >= 11 is 5.30. The summed E-state index contributed by atoms with van der Waals surface area (Å²) in [4.78, 5) is 28.7. The standard InChI is InChI=1S/C21H18BBrF2N2O4S/c1-30-20-15(26-7-6-16-11(9-26)8-17(23)32-16)5-4-13-18(20)27(12-2-3-12)10-14(19(13)28)21(29)31-22(24)25/h4-5,8,10,12H,2-3,6-7,9H2,1H3. The van der Waals surface area contributed by atoms with Gasteiger partial charge in [-0.2, -0.15) is 0 Å². The number of fused-ring (bicyclic) bond motifs is 2. The monoisotopic (exact) mass is 522 g/mol. The lowest BCUT2D eigenvalue weighted by atomic mass is 10.1. The molecule has 32 heavy (non-hydrogen) atoms. The van der Waals surface area contributed by atoms with Crippen molar-refractivity contribution in [1.29, 1.82) is 0 Å². The fourth-order valence-corrected chi connectivity index (χ4v) is 6.04. The van der Waals surface area contributed by atoms with Crippen LogP contribution in [0.1, 0.15) is 39.7 Å². The highest BCUT2D eigenvalue weighted by Gasteiger charge is 2.32. The van der Waals surface area contributed by atoms with Gasteiger partial charge in [-0.3, -0.25) is 4.79 Å². The predicted molar refractivity (Wildman–Crippen MR) is 123 cm³/mol. The minimum Gasteiger partial charge on any atom is -0.492 e. The Labute approximate surface area is 195 Å². The van der Waals surface area contributed by atoms with Gasteiger partial charge in [0.25, 0.3) is 0 Å². The average Bonchev–Trinajstić information content (AvgIpc) is 3.52. The van der Waals surface area contributed by atoms with Gasteiger partial charge in [0.1, 0.15) is 5.56 Å². The molecule has 3 heterocycles. The van der Waals surface area contributed by atoms with Gasteiger partial charge in [-0.15, -0.1) is 11.3 Å². The molecular weight excluding hydrogens is 505 g/mol. The second-order valence-electron chi connectivity index (χ2n) is 7.86. The first-order chi connectivity index (χ1) is 15.4. The number of thiophene rings is 1. The number of pyridine rings is 1. The predicted octanol–water partition coefficient (Wildman–Crippen LogP) is 4.81. The third-order valence-electron chi connectivity index (χ3n) is 5.86. The van der Waals surface area contributed by atoms with E-state index < -0.39 is 24.4 Å². The summed E-state index contributed by atoms with van der Waals surface area (Å²) in [6, 6.07) is 5.64. The number of aromatic nitrogens is 1. The van der Waals surface area contributed by atoms with Crippen LogP contribution in [0, 0.1) is 0 Å². The molecule has 1 aromatic carbocycles. The number of halogens is 3. The number of hydrogen-bond acceptors (Lipinski definition) is 6. The molecule has 2 aromatic heterocycles. The molecular formula is C21H18BBrF2N2O4S. The van der Waals surface area contributed by atoms with Crippen LogP contribution in [0.5, 0.6) is 5.75 Å². The number of anilines is 1. The van der Waals surface area contributed by atoms with E-state index in [2.05, 4.69) is 31.6 Å². The number of carbonyl (C=O) groups excluding carboxylic acids is 1. The Morgan fingerprint density at radius 1 is 1.31 bits per heavy atom. The maximum absolute atomic E-state index is 13.0. The minimum absolute atomic E-state index is 0.0705. The van der Waals surface area contributed by atoms with Gasteiger partial charge in [-0.05, 0) is 59.0 Å². The van der Waals surface area contributed by atoms with Gasteiger partial charge >= 0.3 is 13.4 Å². The fourth-order valence-electron chi connectivity index (χ4n) is 4.29. The zero-order chi connectivity index (χ0) is 22.6. The summed E-state index contributed by atoms with van der Waals surface area (Å²) in [5.41, 5.74) is 1.63. The van der Waals surface area contributed by atoms with E-state index >= 15 is 0 Å². The number of ether oxygens (including phenoxy) is 1. The molecule has 1 aliphatic heterocycles. The number of nitrogens with zero attached hydrogens (tertiary/aromatic N) is 2. The van der Waals surface area contributed by atoms with Crippen LogP contribution in [-0.2, 0) is 17.6 Å². The second-order valence-corrected chi connectivity index (χ2v) is 10.4. The zero-order valence-corrected chi connectivity index (χ0v) is 19.5. The molecule has 1 saturated carbocycles. The molecule has 0 unspecified atom stereocenters. The summed E-state index contributed by atoms with van der Waals surface area (Å²) in [6.07, 6.45) is 3.97. The number of methoxy groups -OCH3 is 1. The lowest BCUT2D eigenvalue weighted by Gasteiger charge is -2.31. The van der Waals surface area contributed by atoms with Crippen molar-refractivity contribution in [3.05, 3.63) is 54.4 Å². The summed E-state index contributed by atoms with van der Waals surface area (Å²) in [7, 11) is -1.74. The van der Waals surface area contributed by atoms with Crippen molar-refractivity contribution in [2.75, 3.05) is 18.6 Å². The molecule has 3 aromatic rings. The third-order valence-corrected chi connectivity index (χ3v) is 7.60. The normalized spacial score (nSPS) is 15.6. The quantitative estimate of drug-likeness (QED) is 0.450. The highest BCUT2D eigenvalue weighted by molar-refractivity contribution is 9.11. The summed E-state index contributed by atoms with van der Waals surface area (Å²) in [6.45, 7) is 1.51. The topological polar surface area (TPSA) is 60.8 Å². The summed E-state index contributed by atoms with van der Waals surface area (Å²) in [5.74, 6) is -0.783. The molecule has 6 nitrogen and oxygen atoms in total. The average molecular weight is 523 g/mol. The lowest BCUT2D eigenvalue weighted by molar-refractivity contribution is 0.0693. The minimum atomic E-state index is -3.29. The van der Waals surface area contributed by atoms with Crippen molar-refractivity contribution in [3.8, 4) is 5.75 Å². The first kappa shape index (κ1) is 21.5. The fraction of sp³-hybridized carbons (Fsp3) is 0.333. The zero-order valence-electron chi connectivity index (χ0n) is 17.1. The lowest BCUT2D eigenvalue weighted by Crippen LogP contribution is -2.30. The van der Waals surface area contributed by atoms with E-state index in [0.29, 0.717) is 17.8 Å². The molecule has 166 valence electrons. The van der Waals surface area contributed by atoms with Crippen LogP contribution < -0.4 is 15.1 Å². The molecule has 1 fully saturated rings. The highest BCUT2D eigenvalue weighted by Crippen LogP contribution is 2.43. The van der Waals surface area contributed by atoms with Crippen molar-refractivity contribution in [3.63, 3.8) is 0 Å². The van der Waals surface area contributed by atoms with Crippen LogP contribution in [0.4, 0.5) is 14.3 Å². The van der Waals surface area contributed by atoms with Gasteiger partial charge in [-0.25, -0.2) is 13.4 Å². The molecule has 11 heteroatoms. The Kier molecular flexibility index (Phi) is 5.49. The number of benzene rings is 1. The number of carbonyl (C=O) groups is 1. The van der Waals surface area contributed by atoms with E-state index in [1.807, 2.05) is 0 Å². The van der Waals surface area contributed by atoms with Crippen molar-refractivity contribution in [2.24, 2.45) is 0 Å². The van der Waals surface area contributed by atoms with Crippen LogP contribution in [0.25, 0.3) is 10.9 Å². The van der Waals surface area contributed by atoms with Gasteiger partial charge in [0.15, 0.2) is 5.75 Å². The number of hydrogen-bond donors (Lipinski definition) is 0. The molecule has 5 rings (SSSR count). The summed E-state index contributed by atoms with van der Waals surface area (Å²) in [5, 5.41) is 0.247. The molecule has 0 saturated heterocycles. The summed E-state index contributed by atoms with van der Waals surface area (Å²) < 4.78 is 37.9. The third kappa shape index (κ3) is 3.71.